The van der Waals surface area contributed by atoms with Crippen LogP contribution in [-0.2, 0) is 12.8 Å². The number of hydrogen-bond donors (Lipinski definition) is 0. The lowest BCUT2D eigenvalue weighted by atomic mass is 9.86. The SMILES string of the molecule is O=c1c2ccccc2c2ccccc2n1-c1ccnc(CC2CCc3ccccc3-c3cc(-c4ccc5c(c4)c4ccccc4n5-c4ccccc4)ccc32)n1. The highest BCUT2D eigenvalue weighted by molar-refractivity contribution is 6.10. The molecule has 0 aliphatic heterocycles. The van der Waals surface area contributed by atoms with E-state index in [0.717, 1.165) is 40.6 Å². The Morgan fingerprint density at radius 1 is 0.536 bits per heavy atom. The molecular formula is C51H36N4O. The first-order valence-electron chi connectivity index (χ1n) is 19.4. The van der Waals surface area contributed by atoms with Crippen molar-refractivity contribution >= 4 is 43.5 Å². The number of fused-ring (bicyclic) bond motifs is 9. The van der Waals surface area contributed by atoms with Crippen LogP contribution in [0.1, 0.15) is 29.3 Å². The lowest BCUT2D eigenvalue weighted by Gasteiger charge is -2.19. The summed E-state index contributed by atoms with van der Waals surface area (Å²) in [5.74, 6) is 1.52. The van der Waals surface area contributed by atoms with E-state index >= 15 is 0 Å². The quantitative estimate of drug-likeness (QED) is 0.166. The summed E-state index contributed by atoms with van der Waals surface area (Å²) < 4.78 is 4.11. The minimum Gasteiger partial charge on any atom is -0.309 e. The maximum atomic E-state index is 14.0. The van der Waals surface area contributed by atoms with Gasteiger partial charge in [-0.1, -0.05) is 115 Å². The van der Waals surface area contributed by atoms with E-state index < -0.39 is 0 Å². The average molecular weight is 721 g/mol. The third-order valence-corrected chi connectivity index (χ3v) is 11.7. The first-order valence-corrected chi connectivity index (χ1v) is 19.4. The highest BCUT2D eigenvalue weighted by Gasteiger charge is 2.25. The fraction of sp³-hybridized carbons (Fsp3) is 0.0784. The molecule has 10 aromatic rings. The van der Waals surface area contributed by atoms with Crippen LogP contribution in [0.15, 0.2) is 181 Å². The largest absolute Gasteiger partial charge is 0.309 e. The van der Waals surface area contributed by atoms with Crippen molar-refractivity contribution in [3.63, 3.8) is 0 Å². The molecule has 0 amide bonds. The van der Waals surface area contributed by atoms with E-state index in [4.69, 9.17) is 9.97 Å². The van der Waals surface area contributed by atoms with E-state index in [2.05, 4.69) is 126 Å². The molecule has 0 fully saturated rings. The number of benzene rings is 7. The van der Waals surface area contributed by atoms with Crippen molar-refractivity contribution in [2.75, 3.05) is 0 Å². The van der Waals surface area contributed by atoms with Gasteiger partial charge in [-0.3, -0.25) is 9.36 Å². The smallest absolute Gasteiger partial charge is 0.264 e. The van der Waals surface area contributed by atoms with Gasteiger partial charge in [-0.25, -0.2) is 9.97 Å². The summed E-state index contributed by atoms with van der Waals surface area (Å²) in [6.07, 6.45) is 4.40. The lowest BCUT2D eigenvalue weighted by molar-refractivity contribution is 0.608. The molecule has 1 aliphatic carbocycles. The van der Waals surface area contributed by atoms with Crippen molar-refractivity contribution in [1.82, 2.24) is 19.1 Å². The first-order chi connectivity index (χ1) is 27.7. The number of pyridine rings is 1. The molecule has 0 saturated carbocycles. The zero-order valence-corrected chi connectivity index (χ0v) is 30.6. The summed E-state index contributed by atoms with van der Waals surface area (Å²) in [7, 11) is 0. The summed E-state index contributed by atoms with van der Waals surface area (Å²) in [6.45, 7) is 0. The molecule has 0 spiro atoms. The fourth-order valence-corrected chi connectivity index (χ4v) is 9.12. The molecule has 56 heavy (non-hydrogen) atoms. The highest BCUT2D eigenvalue weighted by atomic mass is 16.1. The predicted octanol–water partition coefficient (Wildman–Crippen LogP) is 11.6. The molecule has 0 radical (unpaired) electrons. The monoisotopic (exact) mass is 720 g/mol. The number of hydrogen-bond acceptors (Lipinski definition) is 3. The van der Waals surface area contributed by atoms with Gasteiger partial charge in [0.05, 0.1) is 16.6 Å². The molecule has 1 aliphatic rings. The Morgan fingerprint density at radius 2 is 1.18 bits per heavy atom. The molecule has 11 rings (SSSR count). The van der Waals surface area contributed by atoms with Crippen LogP contribution in [0.25, 0.3) is 77.2 Å². The van der Waals surface area contributed by atoms with Crippen molar-refractivity contribution in [1.29, 1.82) is 0 Å². The van der Waals surface area contributed by atoms with E-state index in [-0.39, 0.29) is 11.5 Å². The standard InChI is InChI=1S/C51H36N4O/c56-51-43-19-7-6-16-40(43)41-17-8-11-21-47(41)55(51)50-28-29-52-49(53-50)32-36-23-22-33-12-4-5-15-38(33)44-30-34(24-26-39(36)44)35-25-27-48-45(31-35)42-18-9-10-20-46(42)54(48)37-13-2-1-3-14-37/h1-21,24-31,36H,22-23,32H2. The maximum absolute atomic E-state index is 14.0. The molecule has 0 N–H and O–H groups in total. The Bertz CT molecular complexity index is 3210. The molecule has 0 saturated heterocycles. The molecule has 7 aromatic carbocycles. The van der Waals surface area contributed by atoms with Crippen LogP contribution in [0.2, 0.25) is 0 Å². The molecule has 5 heteroatoms. The number of para-hydroxylation sites is 3. The van der Waals surface area contributed by atoms with Crippen LogP contribution in [0.3, 0.4) is 0 Å². The van der Waals surface area contributed by atoms with Crippen molar-refractivity contribution < 1.29 is 0 Å². The van der Waals surface area contributed by atoms with Gasteiger partial charge in [0, 0.05) is 39.8 Å². The summed E-state index contributed by atoms with van der Waals surface area (Å²) in [5, 5.41) is 5.14. The number of aromatic nitrogens is 4. The highest BCUT2D eigenvalue weighted by Crippen LogP contribution is 2.42. The summed E-state index contributed by atoms with van der Waals surface area (Å²) in [6, 6.07) is 59.8. The number of aryl methyl sites for hydroxylation is 1. The zero-order valence-electron chi connectivity index (χ0n) is 30.6. The van der Waals surface area contributed by atoms with E-state index in [1.807, 2.05) is 48.5 Å². The van der Waals surface area contributed by atoms with Gasteiger partial charge in [0.15, 0.2) is 0 Å². The third-order valence-electron chi connectivity index (χ3n) is 11.7. The Labute approximate surface area is 323 Å². The van der Waals surface area contributed by atoms with Gasteiger partial charge >= 0.3 is 0 Å². The van der Waals surface area contributed by atoms with Crippen molar-refractivity contribution in [2.45, 2.75) is 25.2 Å². The van der Waals surface area contributed by atoms with Crippen LogP contribution in [-0.4, -0.2) is 19.1 Å². The van der Waals surface area contributed by atoms with Gasteiger partial charge in [0.25, 0.3) is 5.56 Å². The maximum Gasteiger partial charge on any atom is 0.264 e. The van der Waals surface area contributed by atoms with E-state index in [9.17, 15) is 4.79 Å². The topological polar surface area (TPSA) is 52.7 Å². The number of rotatable bonds is 5. The second-order valence-electron chi connectivity index (χ2n) is 14.9. The molecule has 266 valence electrons. The van der Waals surface area contributed by atoms with Crippen LogP contribution in [0.5, 0.6) is 0 Å². The predicted molar refractivity (Wildman–Crippen MR) is 229 cm³/mol. The van der Waals surface area contributed by atoms with Gasteiger partial charge in [-0.05, 0) is 112 Å². The third kappa shape index (κ3) is 5.19. The Morgan fingerprint density at radius 3 is 2.02 bits per heavy atom. The van der Waals surface area contributed by atoms with Gasteiger partial charge in [-0.2, -0.15) is 0 Å². The van der Waals surface area contributed by atoms with E-state index in [1.165, 1.54) is 55.2 Å². The second kappa shape index (κ2) is 13.0. The van der Waals surface area contributed by atoms with Crippen LogP contribution < -0.4 is 5.56 Å². The molecule has 1 unspecified atom stereocenters. The Kier molecular flexibility index (Phi) is 7.52. The molecule has 3 aromatic heterocycles. The Balaban J connectivity index is 1.01. The van der Waals surface area contributed by atoms with Crippen LogP contribution in [0.4, 0.5) is 0 Å². The average Bonchev–Trinajstić information content (AvgIpc) is 3.51. The van der Waals surface area contributed by atoms with E-state index in [1.54, 1.807) is 10.8 Å². The van der Waals surface area contributed by atoms with Crippen molar-refractivity contribution in [3.8, 4) is 33.8 Å². The van der Waals surface area contributed by atoms with Crippen LogP contribution >= 0.6 is 0 Å². The van der Waals surface area contributed by atoms with Crippen molar-refractivity contribution in [2.24, 2.45) is 0 Å². The molecule has 3 heterocycles. The zero-order chi connectivity index (χ0) is 37.2. The minimum absolute atomic E-state index is 0.0745. The minimum atomic E-state index is -0.0745. The number of nitrogens with zero attached hydrogens (tertiary/aromatic N) is 4. The van der Waals surface area contributed by atoms with Gasteiger partial charge in [0.2, 0.25) is 0 Å². The van der Waals surface area contributed by atoms with Gasteiger partial charge in [-0.15, -0.1) is 0 Å². The Hall–Kier alpha value is -7.11. The fourth-order valence-electron chi connectivity index (χ4n) is 9.12. The summed E-state index contributed by atoms with van der Waals surface area (Å²) in [5.41, 5.74) is 11.9. The van der Waals surface area contributed by atoms with Crippen LogP contribution in [0, 0.1) is 0 Å². The molecule has 1 atom stereocenters. The molecule has 0 bridgehead atoms. The van der Waals surface area contributed by atoms with Crippen molar-refractivity contribution in [3.05, 3.63) is 203 Å². The first kappa shape index (κ1) is 32.3. The normalized spacial score (nSPS) is 13.9. The molecular weight excluding hydrogens is 685 g/mol. The second-order valence-corrected chi connectivity index (χ2v) is 14.9. The van der Waals surface area contributed by atoms with Gasteiger partial charge in [0.1, 0.15) is 11.6 Å². The van der Waals surface area contributed by atoms with E-state index in [0.29, 0.717) is 17.6 Å². The summed E-state index contributed by atoms with van der Waals surface area (Å²) >= 11 is 0. The molecule has 5 nitrogen and oxygen atoms in total. The van der Waals surface area contributed by atoms with Gasteiger partial charge < -0.3 is 4.57 Å². The summed E-state index contributed by atoms with van der Waals surface area (Å²) in [4.78, 5) is 23.9. The lowest BCUT2D eigenvalue weighted by Crippen LogP contribution is -2.21.